The molecule has 18 heavy (non-hydrogen) atoms. The quantitative estimate of drug-likeness (QED) is 0.630. The second-order valence-corrected chi connectivity index (χ2v) is 4.03. The number of aldehydes is 1. The van der Waals surface area contributed by atoms with Crippen LogP contribution in [0, 0.1) is 6.92 Å². The predicted molar refractivity (Wildman–Crippen MR) is 69.2 cm³/mol. The molecular weight excluding hydrogens is 252 g/mol. The molecule has 0 bridgehead atoms. The number of aromatic nitrogens is 2. The van der Waals surface area contributed by atoms with Gasteiger partial charge in [-0.15, -0.1) is 0 Å². The van der Waals surface area contributed by atoms with Crippen molar-refractivity contribution < 1.29 is 9.53 Å². The molecule has 0 atom stereocenters. The number of hydrogen-bond acceptors (Lipinski definition) is 4. The zero-order valence-electron chi connectivity index (χ0n) is 9.98. The molecule has 0 saturated heterocycles. The molecule has 0 aliphatic rings. The lowest BCUT2D eigenvalue weighted by Crippen LogP contribution is -1.99. The van der Waals surface area contributed by atoms with Gasteiger partial charge in [0.15, 0.2) is 6.29 Å². The lowest BCUT2D eigenvalue weighted by molar-refractivity contribution is 0.112. The van der Waals surface area contributed by atoms with E-state index in [1.165, 1.54) is 0 Å². The van der Waals surface area contributed by atoms with Crippen molar-refractivity contribution in [3.8, 4) is 17.0 Å². The van der Waals surface area contributed by atoms with Crippen molar-refractivity contribution >= 4 is 17.9 Å². The van der Waals surface area contributed by atoms with Gasteiger partial charge in [-0.2, -0.15) is 0 Å². The molecule has 0 amide bonds. The van der Waals surface area contributed by atoms with Crippen LogP contribution in [0.1, 0.15) is 16.2 Å². The van der Waals surface area contributed by atoms with E-state index >= 15 is 0 Å². The van der Waals surface area contributed by atoms with E-state index in [4.69, 9.17) is 16.3 Å². The molecule has 0 N–H and O–H groups in total. The van der Waals surface area contributed by atoms with Crippen LogP contribution in [-0.2, 0) is 0 Å². The van der Waals surface area contributed by atoms with Gasteiger partial charge in [0.1, 0.15) is 16.7 Å². The number of rotatable bonds is 3. The summed E-state index contributed by atoms with van der Waals surface area (Å²) in [5.41, 5.74) is 1.57. The zero-order valence-corrected chi connectivity index (χ0v) is 10.7. The van der Waals surface area contributed by atoms with E-state index in [0.717, 1.165) is 5.56 Å². The van der Waals surface area contributed by atoms with Crippen molar-refractivity contribution in [1.29, 1.82) is 0 Å². The number of ether oxygens (including phenoxy) is 1. The third-order valence-corrected chi connectivity index (χ3v) is 2.76. The Balaban J connectivity index is 2.65. The highest BCUT2D eigenvalue weighted by molar-refractivity contribution is 6.32. The fourth-order valence-corrected chi connectivity index (χ4v) is 1.90. The number of aryl methyl sites for hydroxylation is 1. The average molecular weight is 263 g/mol. The molecule has 0 fully saturated rings. The predicted octanol–water partition coefficient (Wildman–Crippen LogP) is 2.93. The second kappa shape index (κ2) is 5.14. The van der Waals surface area contributed by atoms with E-state index in [1.54, 1.807) is 20.1 Å². The third kappa shape index (κ3) is 2.33. The molecule has 92 valence electrons. The number of nitrogens with zero attached hydrogens (tertiary/aromatic N) is 2. The van der Waals surface area contributed by atoms with Crippen LogP contribution < -0.4 is 4.74 Å². The summed E-state index contributed by atoms with van der Waals surface area (Å²) < 4.78 is 5.15. The van der Waals surface area contributed by atoms with Gasteiger partial charge < -0.3 is 4.74 Å². The second-order valence-electron chi connectivity index (χ2n) is 3.67. The largest absolute Gasteiger partial charge is 0.497 e. The summed E-state index contributed by atoms with van der Waals surface area (Å²) in [4.78, 5) is 19.3. The van der Waals surface area contributed by atoms with Crippen LogP contribution in [0.3, 0.4) is 0 Å². The first-order valence-electron chi connectivity index (χ1n) is 5.29. The highest BCUT2D eigenvalue weighted by Crippen LogP contribution is 2.27. The minimum Gasteiger partial charge on any atom is -0.497 e. The summed E-state index contributed by atoms with van der Waals surface area (Å²) in [5.74, 6) is 1.21. The fourth-order valence-electron chi connectivity index (χ4n) is 1.64. The summed E-state index contributed by atoms with van der Waals surface area (Å²) in [6.07, 6.45) is 0.663. The van der Waals surface area contributed by atoms with E-state index in [1.807, 2.05) is 18.2 Å². The van der Waals surface area contributed by atoms with E-state index < -0.39 is 0 Å². The van der Waals surface area contributed by atoms with Crippen LogP contribution in [0.25, 0.3) is 11.3 Å². The Morgan fingerprint density at radius 3 is 2.78 bits per heavy atom. The summed E-state index contributed by atoms with van der Waals surface area (Å²) in [5, 5.41) is 0.162. The SMILES string of the molecule is COc1cccc(-c2nc(C)nc(Cl)c2C=O)c1. The standard InChI is InChI=1S/C13H11ClN2O2/c1-8-15-12(11(7-17)13(14)16-8)9-4-3-5-10(6-9)18-2/h3-7H,1-2H3. The van der Waals surface area contributed by atoms with Gasteiger partial charge in [-0.05, 0) is 19.1 Å². The third-order valence-electron chi connectivity index (χ3n) is 2.47. The number of halogens is 1. The number of benzene rings is 1. The van der Waals surface area contributed by atoms with Gasteiger partial charge >= 0.3 is 0 Å². The summed E-state index contributed by atoms with van der Waals surface area (Å²) in [7, 11) is 1.58. The molecule has 1 aromatic heterocycles. The van der Waals surface area contributed by atoms with Gasteiger partial charge in [-0.3, -0.25) is 4.79 Å². The van der Waals surface area contributed by atoms with Crippen LogP contribution >= 0.6 is 11.6 Å². The zero-order chi connectivity index (χ0) is 13.1. The van der Waals surface area contributed by atoms with E-state index in [2.05, 4.69) is 9.97 Å². The lowest BCUT2D eigenvalue weighted by Gasteiger charge is -2.08. The minimum atomic E-state index is 0.162. The Labute approximate surface area is 110 Å². The lowest BCUT2D eigenvalue weighted by atomic mass is 10.1. The van der Waals surface area contributed by atoms with Crippen molar-refractivity contribution in [2.24, 2.45) is 0 Å². The highest BCUT2D eigenvalue weighted by Gasteiger charge is 2.13. The van der Waals surface area contributed by atoms with Gasteiger partial charge in [0.05, 0.1) is 18.4 Å². The first-order chi connectivity index (χ1) is 8.65. The molecule has 0 aliphatic carbocycles. The Morgan fingerprint density at radius 2 is 2.11 bits per heavy atom. The van der Waals surface area contributed by atoms with Crippen LogP contribution in [-0.4, -0.2) is 23.4 Å². The van der Waals surface area contributed by atoms with Gasteiger partial charge in [0.25, 0.3) is 0 Å². The van der Waals surface area contributed by atoms with Crippen molar-refractivity contribution in [3.63, 3.8) is 0 Å². The Bertz CT molecular complexity index is 600. The molecule has 2 aromatic rings. The molecule has 0 aliphatic heterocycles. The fraction of sp³-hybridized carbons (Fsp3) is 0.154. The van der Waals surface area contributed by atoms with Crippen LogP contribution in [0.2, 0.25) is 5.15 Å². The molecule has 5 heteroatoms. The summed E-state index contributed by atoms with van der Waals surface area (Å²) in [6.45, 7) is 1.73. The normalized spacial score (nSPS) is 10.2. The minimum absolute atomic E-state index is 0.162. The first kappa shape index (κ1) is 12.5. The Kier molecular flexibility index (Phi) is 3.58. The molecule has 2 rings (SSSR count). The summed E-state index contributed by atoms with van der Waals surface area (Å²) in [6, 6.07) is 7.28. The molecule has 1 heterocycles. The average Bonchev–Trinajstić information content (AvgIpc) is 2.38. The van der Waals surface area contributed by atoms with Gasteiger partial charge in [-0.1, -0.05) is 23.7 Å². The van der Waals surface area contributed by atoms with Crippen molar-refractivity contribution in [2.75, 3.05) is 7.11 Å². The molecule has 0 saturated carbocycles. The number of carbonyl (C=O) groups excluding carboxylic acids is 1. The van der Waals surface area contributed by atoms with Crippen molar-refractivity contribution in [2.45, 2.75) is 6.92 Å². The molecule has 0 radical (unpaired) electrons. The van der Waals surface area contributed by atoms with Crippen LogP contribution in [0.15, 0.2) is 24.3 Å². The van der Waals surface area contributed by atoms with Crippen molar-refractivity contribution in [3.05, 3.63) is 40.8 Å². The van der Waals surface area contributed by atoms with Gasteiger partial charge in [0, 0.05) is 5.56 Å². The number of carbonyl (C=O) groups is 1. The smallest absolute Gasteiger partial charge is 0.155 e. The number of hydrogen-bond donors (Lipinski definition) is 0. The van der Waals surface area contributed by atoms with E-state index in [0.29, 0.717) is 23.6 Å². The van der Waals surface area contributed by atoms with E-state index in [-0.39, 0.29) is 10.7 Å². The van der Waals surface area contributed by atoms with E-state index in [9.17, 15) is 4.79 Å². The Hall–Kier alpha value is -1.94. The van der Waals surface area contributed by atoms with Crippen molar-refractivity contribution in [1.82, 2.24) is 9.97 Å². The highest BCUT2D eigenvalue weighted by atomic mass is 35.5. The van der Waals surface area contributed by atoms with Gasteiger partial charge in [0.2, 0.25) is 0 Å². The molecule has 0 spiro atoms. The van der Waals surface area contributed by atoms with Gasteiger partial charge in [-0.25, -0.2) is 9.97 Å². The maximum absolute atomic E-state index is 11.1. The molecular formula is C13H11ClN2O2. The maximum Gasteiger partial charge on any atom is 0.155 e. The molecule has 1 aromatic carbocycles. The molecule has 0 unspecified atom stereocenters. The van der Waals surface area contributed by atoms with Crippen LogP contribution in [0.4, 0.5) is 0 Å². The maximum atomic E-state index is 11.1. The summed E-state index contributed by atoms with van der Waals surface area (Å²) >= 11 is 5.94. The monoisotopic (exact) mass is 262 g/mol. The first-order valence-corrected chi connectivity index (χ1v) is 5.67. The Morgan fingerprint density at radius 1 is 1.33 bits per heavy atom. The van der Waals surface area contributed by atoms with Crippen LogP contribution in [0.5, 0.6) is 5.75 Å². The topological polar surface area (TPSA) is 52.1 Å². The molecule has 4 nitrogen and oxygen atoms in total. The number of methoxy groups -OCH3 is 1.